The number of hydrogen-bond donors (Lipinski definition) is 2. The van der Waals surface area contributed by atoms with Crippen LogP contribution in [0, 0.1) is 0 Å². The SMILES string of the molecule is CC(C)(C)OC(=O)N[C@H]1CS(=O)(=O)c2ccc(C(=O)NCCCC(F)(F)F)cc2C(Cc2ccc(Cl)cc2)=CC1=O. The molecule has 3 rings (SSSR count). The van der Waals surface area contributed by atoms with E-state index in [1.807, 2.05) is 0 Å². The van der Waals surface area contributed by atoms with Gasteiger partial charge < -0.3 is 15.4 Å². The van der Waals surface area contributed by atoms with E-state index < -0.39 is 57.6 Å². The fourth-order valence-electron chi connectivity index (χ4n) is 4.06. The van der Waals surface area contributed by atoms with Crippen LogP contribution in [0.5, 0.6) is 0 Å². The van der Waals surface area contributed by atoms with Crippen molar-refractivity contribution in [2.75, 3.05) is 12.3 Å². The van der Waals surface area contributed by atoms with E-state index in [0.29, 0.717) is 10.6 Å². The van der Waals surface area contributed by atoms with Crippen LogP contribution in [-0.4, -0.2) is 56.3 Å². The Morgan fingerprint density at radius 3 is 2.34 bits per heavy atom. The van der Waals surface area contributed by atoms with Crippen LogP contribution in [0.3, 0.4) is 0 Å². The lowest BCUT2D eigenvalue weighted by Gasteiger charge is -2.25. The monoisotopic (exact) mass is 614 g/mol. The van der Waals surface area contributed by atoms with E-state index in [1.165, 1.54) is 24.3 Å². The number of alkyl halides is 3. The number of benzene rings is 2. The van der Waals surface area contributed by atoms with Gasteiger partial charge >= 0.3 is 12.3 Å². The highest BCUT2D eigenvalue weighted by Gasteiger charge is 2.34. The molecular formula is C28H30ClF3N2O6S. The third-order valence-corrected chi connectivity index (χ3v) is 7.94. The number of sulfone groups is 1. The van der Waals surface area contributed by atoms with E-state index in [4.69, 9.17) is 16.3 Å². The Hall–Kier alpha value is -3.38. The van der Waals surface area contributed by atoms with Crippen molar-refractivity contribution in [1.82, 2.24) is 10.6 Å². The number of hydrogen-bond acceptors (Lipinski definition) is 6. The molecule has 1 atom stereocenters. The van der Waals surface area contributed by atoms with Crippen LogP contribution in [0.4, 0.5) is 18.0 Å². The molecule has 1 heterocycles. The highest BCUT2D eigenvalue weighted by Crippen LogP contribution is 2.31. The third-order valence-electron chi connectivity index (χ3n) is 5.89. The van der Waals surface area contributed by atoms with Crippen molar-refractivity contribution in [3.8, 4) is 0 Å². The molecule has 1 aliphatic heterocycles. The Balaban J connectivity index is 2.01. The predicted molar refractivity (Wildman–Crippen MR) is 147 cm³/mol. The van der Waals surface area contributed by atoms with E-state index >= 15 is 0 Å². The van der Waals surface area contributed by atoms with Crippen molar-refractivity contribution < 1.29 is 40.7 Å². The lowest BCUT2D eigenvalue weighted by atomic mass is 9.94. The Morgan fingerprint density at radius 2 is 1.73 bits per heavy atom. The van der Waals surface area contributed by atoms with Crippen molar-refractivity contribution in [1.29, 1.82) is 0 Å². The molecule has 222 valence electrons. The zero-order valence-corrected chi connectivity index (χ0v) is 24.2. The molecule has 0 radical (unpaired) electrons. The molecule has 0 aliphatic carbocycles. The summed E-state index contributed by atoms with van der Waals surface area (Å²) < 4.78 is 69.5. The molecule has 0 unspecified atom stereocenters. The van der Waals surface area contributed by atoms with Gasteiger partial charge in [0, 0.05) is 23.6 Å². The minimum Gasteiger partial charge on any atom is -0.444 e. The Morgan fingerprint density at radius 1 is 1.07 bits per heavy atom. The van der Waals surface area contributed by atoms with Crippen molar-refractivity contribution in [3.05, 3.63) is 70.3 Å². The van der Waals surface area contributed by atoms with Gasteiger partial charge in [-0.1, -0.05) is 23.7 Å². The van der Waals surface area contributed by atoms with Gasteiger partial charge in [-0.05, 0) is 86.7 Å². The minimum absolute atomic E-state index is 0.00409. The predicted octanol–water partition coefficient (Wildman–Crippen LogP) is 5.29. The first kappa shape index (κ1) is 32.1. The van der Waals surface area contributed by atoms with Crippen LogP contribution in [0.15, 0.2) is 53.4 Å². The van der Waals surface area contributed by atoms with Crippen molar-refractivity contribution >= 4 is 44.8 Å². The van der Waals surface area contributed by atoms with Gasteiger partial charge in [-0.15, -0.1) is 0 Å². The fraction of sp³-hybridized carbons (Fsp3) is 0.393. The maximum absolute atomic E-state index is 13.5. The second-order valence-electron chi connectivity index (χ2n) is 10.5. The Kier molecular flexibility index (Phi) is 9.91. The molecule has 0 bridgehead atoms. The molecule has 2 aromatic carbocycles. The number of rotatable bonds is 7. The molecule has 2 N–H and O–H groups in total. The highest BCUT2D eigenvalue weighted by atomic mass is 35.5. The number of amides is 2. The lowest BCUT2D eigenvalue weighted by Crippen LogP contribution is -2.47. The normalized spacial score (nSPS) is 17.0. The maximum Gasteiger partial charge on any atom is 0.408 e. The largest absolute Gasteiger partial charge is 0.444 e. The summed E-state index contributed by atoms with van der Waals surface area (Å²) in [5.74, 6) is -2.15. The van der Waals surface area contributed by atoms with Gasteiger partial charge in [-0.2, -0.15) is 13.2 Å². The maximum atomic E-state index is 13.5. The van der Waals surface area contributed by atoms with Crippen LogP contribution in [-0.2, 0) is 25.8 Å². The molecular weight excluding hydrogens is 585 g/mol. The molecule has 8 nitrogen and oxygen atoms in total. The molecule has 0 fully saturated rings. The number of fused-ring (bicyclic) bond motifs is 1. The van der Waals surface area contributed by atoms with Crippen LogP contribution >= 0.6 is 11.6 Å². The summed E-state index contributed by atoms with van der Waals surface area (Å²) in [7, 11) is -4.19. The topological polar surface area (TPSA) is 119 Å². The van der Waals surface area contributed by atoms with Gasteiger partial charge in [0.1, 0.15) is 11.6 Å². The van der Waals surface area contributed by atoms with Gasteiger partial charge in [0.25, 0.3) is 5.91 Å². The number of alkyl carbamates (subject to hydrolysis) is 1. The summed E-state index contributed by atoms with van der Waals surface area (Å²) in [4.78, 5) is 38.2. The van der Waals surface area contributed by atoms with Crippen molar-refractivity contribution in [3.63, 3.8) is 0 Å². The minimum atomic E-state index is -4.36. The number of ether oxygens (including phenoxy) is 1. The number of carbonyl (C=O) groups is 3. The molecule has 0 aromatic heterocycles. The first-order chi connectivity index (χ1) is 18.9. The van der Waals surface area contributed by atoms with E-state index in [1.54, 1.807) is 45.0 Å². The molecule has 0 saturated carbocycles. The quantitative estimate of drug-likeness (QED) is 0.409. The van der Waals surface area contributed by atoms with Gasteiger partial charge in [0.2, 0.25) is 0 Å². The summed E-state index contributed by atoms with van der Waals surface area (Å²) >= 11 is 5.98. The highest BCUT2D eigenvalue weighted by molar-refractivity contribution is 7.91. The summed E-state index contributed by atoms with van der Waals surface area (Å²) in [5, 5.41) is 5.21. The number of carbonyl (C=O) groups excluding carboxylic acids is 3. The van der Waals surface area contributed by atoms with Gasteiger partial charge in [0.15, 0.2) is 15.6 Å². The van der Waals surface area contributed by atoms with Crippen molar-refractivity contribution in [2.24, 2.45) is 0 Å². The zero-order chi connectivity index (χ0) is 30.6. The average Bonchev–Trinajstić information content (AvgIpc) is 2.84. The summed E-state index contributed by atoms with van der Waals surface area (Å²) in [6.07, 6.45) is -5.42. The summed E-state index contributed by atoms with van der Waals surface area (Å²) in [5.41, 5.74) is 0.130. The Bertz CT molecular complexity index is 1450. The molecule has 2 aromatic rings. The molecule has 41 heavy (non-hydrogen) atoms. The number of ketones is 1. The second-order valence-corrected chi connectivity index (χ2v) is 13.0. The van der Waals surface area contributed by atoms with Crippen LogP contribution < -0.4 is 10.6 Å². The number of halogens is 4. The van der Waals surface area contributed by atoms with Crippen molar-refractivity contribution in [2.45, 2.75) is 62.7 Å². The first-order valence-corrected chi connectivity index (χ1v) is 14.7. The van der Waals surface area contributed by atoms with Crippen LogP contribution in [0.1, 0.15) is 55.1 Å². The fourth-order valence-corrected chi connectivity index (χ4v) is 5.85. The van der Waals surface area contributed by atoms with Gasteiger partial charge in [0.05, 0.1) is 10.6 Å². The molecule has 0 saturated heterocycles. The smallest absolute Gasteiger partial charge is 0.408 e. The van der Waals surface area contributed by atoms with Gasteiger partial charge in [-0.3, -0.25) is 9.59 Å². The van der Waals surface area contributed by atoms with E-state index in [2.05, 4.69) is 10.6 Å². The lowest BCUT2D eigenvalue weighted by molar-refractivity contribution is -0.135. The van der Waals surface area contributed by atoms with E-state index in [0.717, 1.165) is 0 Å². The van der Waals surface area contributed by atoms with E-state index in [-0.39, 0.29) is 41.0 Å². The molecule has 13 heteroatoms. The molecule has 1 aliphatic rings. The second kappa shape index (κ2) is 12.6. The first-order valence-electron chi connectivity index (χ1n) is 12.6. The van der Waals surface area contributed by atoms with Crippen LogP contribution in [0.2, 0.25) is 5.02 Å². The Labute approximate surface area is 241 Å². The van der Waals surface area contributed by atoms with Gasteiger partial charge in [-0.25, -0.2) is 13.2 Å². The number of allylic oxidation sites excluding steroid dienone is 1. The van der Waals surface area contributed by atoms with Crippen LogP contribution in [0.25, 0.3) is 5.57 Å². The number of nitrogens with one attached hydrogen (secondary N) is 2. The summed E-state index contributed by atoms with van der Waals surface area (Å²) in [6, 6.07) is 8.93. The zero-order valence-electron chi connectivity index (χ0n) is 22.6. The molecule has 2 amide bonds. The third kappa shape index (κ3) is 9.60. The van der Waals surface area contributed by atoms with E-state index in [9.17, 15) is 36.0 Å². The molecule has 0 spiro atoms. The summed E-state index contributed by atoms with van der Waals surface area (Å²) in [6.45, 7) is 4.62. The standard InChI is InChI=1S/C28H30ClF3N2O6S/c1-27(2,3)40-26(37)34-22-16-41(38,39)24-10-7-18(25(36)33-12-4-11-28(30,31)32)14-21(24)19(15-23(22)35)13-17-5-8-20(29)9-6-17/h5-10,14-15,22H,4,11-13,16H2,1-3H3,(H,33,36)(H,34,37)/t22-/m0/s1. The average molecular weight is 615 g/mol.